The van der Waals surface area contributed by atoms with Gasteiger partial charge in [-0.2, -0.15) is 0 Å². The molecule has 0 radical (unpaired) electrons. The first-order valence-electron chi connectivity index (χ1n) is 10.2. The lowest BCUT2D eigenvalue weighted by atomic mass is 10.1. The average Bonchev–Trinajstić information content (AvgIpc) is 2.66. The summed E-state index contributed by atoms with van der Waals surface area (Å²) < 4.78 is 5.82. The molecule has 2 N–H and O–H groups in total. The zero-order chi connectivity index (χ0) is 21.2. The number of hydrogen-bond donors (Lipinski definition) is 2. The van der Waals surface area contributed by atoms with Gasteiger partial charge >= 0.3 is 0 Å². The Morgan fingerprint density at radius 1 is 0.793 bits per heavy atom. The Morgan fingerprint density at radius 3 is 1.79 bits per heavy atom. The molecule has 29 heavy (non-hydrogen) atoms. The van der Waals surface area contributed by atoms with Gasteiger partial charge in [-0.25, -0.2) is 0 Å². The Labute approximate surface area is 173 Å². The summed E-state index contributed by atoms with van der Waals surface area (Å²) >= 11 is 0. The van der Waals surface area contributed by atoms with E-state index >= 15 is 0 Å². The monoisotopic (exact) mass is 396 g/mol. The van der Waals surface area contributed by atoms with Gasteiger partial charge in [-0.05, 0) is 35.1 Å². The van der Waals surface area contributed by atoms with Crippen molar-refractivity contribution in [2.75, 3.05) is 0 Å². The molecule has 0 aliphatic rings. The Hall–Kier alpha value is -2.82. The summed E-state index contributed by atoms with van der Waals surface area (Å²) in [4.78, 5) is 24.6. The van der Waals surface area contributed by atoms with Gasteiger partial charge in [0.1, 0.15) is 18.5 Å². The van der Waals surface area contributed by atoms with Crippen molar-refractivity contribution in [2.24, 2.45) is 11.8 Å². The average molecular weight is 397 g/mol. The Bertz CT molecular complexity index is 746. The van der Waals surface area contributed by atoms with E-state index < -0.39 is 6.17 Å². The zero-order valence-corrected chi connectivity index (χ0v) is 17.8. The summed E-state index contributed by atoms with van der Waals surface area (Å²) in [5, 5.41) is 5.87. The highest BCUT2D eigenvalue weighted by Crippen LogP contribution is 2.19. The Kier molecular flexibility index (Phi) is 8.71. The number of benzene rings is 2. The van der Waals surface area contributed by atoms with Crippen molar-refractivity contribution >= 4 is 11.8 Å². The maximum absolute atomic E-state index is 12.3. The fraction of sp³-hybridized carbons (Fsp3) is 0.417. The third-order valence-electron chi connectivity index (χ3n) is 4.26. The molecule has 0 unspecified atom stereocenters. The van der Waals surface area contributed by atoms with Crippen LogP contribution >= 0.6 is 0 Å². The summed E-state index contributed by atoms with van der Waals surface area (Å²) in [6, 6.07) is 17.4. The van der Waals surface area contributed by atoms with Gasteiger partial charge in [0.15, 0.2) is 0 Å². The van der Waals surface area contributed by atoms with Gasteiger partial charge in [-0.1, -0.05) is 70.2 Å². The maximum Gasteiger partial charge on any atom is 0.222 e. The van der Waals surface area contributed by atoms with Crippen molar-refractivity contribution in [3.05, 3.63) is 65.7 Å². The minimum absolute atomic E-state index is 0.0840. The number of amides is 2. The van der Waals surface area contributed by atoms with Gasteiger partial charge in [-0.3, -0.25) is 9.59 Å². The molecule has 0 saturated carbocycles. The number of carbonyl (C=O) groups is 2. The molecule has 5 heteroatoms. The van der Waals surface area contributed by atoms with Crippen LogP contribution in [0.4, 0.5) is 0 Å². The van der Waals surface area contributed by atoms with Crippen LogP contribution < -0.4 is 15.4 Å². The molecule has 0 spiro atoms. The second-order valence-electron chi connectivity index (χ2n) is 8.11. The highest BCUT2D eigenvalue weighted by atomic mass is 16.5. The van der Waals surface area contributed by atoms with Crippen LogP contribution in [0.5, 0.6) is 5.75 Å². The molecule has 0 heterocycles. The van der Waals surface area contributed by atoms with E-state index in [4.69, 9.17) is 4.74 Å². The predicted molar refractivity (Wildman–Crippen MR) is 115 cm³/mol. The van der Waals surface area contributed by atoms with Crippen molar-refractivity contribution in [3.63, 3.8) is 0 Å². The number of rotatable bonds is 10. The lowest BCUT2D eigenvalue weighted by molar-refractivity contribution is -0.125. The lowest BCUT2D eigenvalue weighted by Gasteiger charge is -2.22. The van der Waals surface area contributed by atoms with E-state index in [9.17, 15) is 9.59 Å². The van der Waals surface area contributed by atoms with E-state index in [1.54, 1.807) is 0 Å². The smallest absolute Gasteiger partial charge is 0.222 e. The van der Waals surface area contributed by atoms with Gasteiger partial charge < -0.3 is 15.4 Å². The summed E-state index contributed by atoms with van der Waals surface area (Å²) in [5.74, 6) is 1.06. The third-order valence-corrected chi connectivity index (χ3v) is 4.26. The number of carbonyl (C=O) groups excluding carboxylic acids is 2. The first-order valence-corrected chi connectivity index (χ1v) is 10.2. The van der Waals surface area contributed by atoms with E-state index in [1.807, 2.05) is 82.3 Å². The summed E-state index contributed by atoms with van der Waals surface area (Å²) in [5.41, 5.74) is 1.91. The molecule has 156 valence electrons. The van der Waals surface area contributed by atoms with Crippen molar-refractivity contribution in [2.45, 2.75) is 53.3 Å². The highest BCUT2D eigenvalue weighted by Gasteiger charge is 2.18. The fourth-order valence-electron chi connectivity index (χ4n) is 2.88. The molecular weight excluding hydrogens is 364 g/mol. The molecule has 5 nitrogen and oxygen atoms in total. The van der Waals surface area contributed by atoms with Crippen molar-refractivity contribution in [3.8, 4) is 5.75 Å². The van der Waals surface area contributed by atoms with Crippen LogP contribution in [-0.4, -0.2) is 11.8 Å². The van der Waals surface area contributed by atoms with Gasteiger partial charge in [-0.15, -0.1) is 0 Å². The molecular formula is C24H32N2O3. The summed E-state index contributed by atoms with van der Waals surface area (Å²) in [6.07, 6.45) is 0.263. The standard InChI is InChI=1S/C24H32N2O3/c1-17(2)14-22(27)25-24(26-23(28)15-18(3)4)20-10-12-21(13-11-20)29-16-19-8-6-5-7-9-19/h5-13,17-18,24H,14-16H2,1-4H3,(H,25,27)(H,26,28). The largest absolute Gasteiger partial charge is 0.489 e. The summed E-state index contributed by atoms with van der Waals surface area (Å²) in [6.45, 7) is 8.45. The van der Waals surface area contributed by atoms with E-state index in [0.29, 0.717) is 19.4 Å². The van der Waals surface area contributed by atoms with Crippen LogP contribution in [-0.2, 0) is 16.2 Å². The van der Waals surface area contributed by atoms with Crippen LogP contribution in [0.1, 0.15) is 57.8 Å². The maximum atomic E-state index is 12.3. The summed E-state index contributed by atoms with van der Waals surface area (Å²) in [7, 11) is 0. The molecule has 2 rings (SSSR count). The minimum Gasteiger partial charge on any atom is -0.489 e. The van der Waals surface area contributed by atoms with Crippen LogP contribution in [0.3, 0.4) is 0 Å². The lowest BCUT2D eigenvalue weighted by Crippen LogP contribution is -2.41. The molecule has 2 aromatic carbocycles. The molecule has 0 saturated heterocycles. The van der Waals surface area contributed by atoms with Gasteiger partial charge in [0.2, 0.25) is 11.8 Å². The van der Waals surface area contributed by atoms with Crippen LogP contribution in [0, 0.1) is 11.8 Å². The molecule has 0 fully saturated rings. The van der Waals surface area contributed by atoms with Crippen molar-refractivity contribution < 1.29 is 14.3 Å². The van der Waals surface area contributed by atoms with Crippen molar-refractivity contribution in [1.82, 2.24) is 10.6 Å². The molecule has 0 bridgehead atoms. The Morgan fingerprint density at radius 2 is 1.31 bits per heavy atom. The first-order chi connectivity index (χ1) is 13.8. The number of ether oxygens (including phenoxy) is 1. The van der Waals surface area contributed by atoms with Crippen LogP contribution in [0.25, 0.3) is 0 Å². The Balaban J connectivity index is 2.05. The second-order valence-corrected chi connectivity index (χ2v) is 8.11. The first kappa shape index (κ1) is 22.5. The third kappa shape index (κ3) is 8.38. The van der Waals surface area contributed by atoms with Gasteiger partial charge in [0.25, 0.3) is 0 Å². The molecule has 2 amide bonds. The van der Waals surface area contributed by atoms with Crippen LogP contribution in [0.15, 0.2) is 54.6 Å². The molecule has 0 aromatic heterocycles. The minimum atomic E-state index is -0.560. The normalized spacial score (nSPS) is 11.0. The number of nitrogens with one attached hydrogen (secondary N) is 2. The van der Waals surface area contributed by atoms with E-state index in [-0.39, 0.29) is 23.7 Å². The van der Waals surface area contributed by atoms with Gasteiger partial charge in [0.05, 0.1) is 0 Å². The molecule has 0 aliphatic heterocycles. The number of hydrogen-bond acceptors (Lipinski definition) is 3. The quantitative estimate of drug-likeness (QED) is 0.577. The molecule has 2 aromatic rings. The molecule has 0 atom stereocenters. The van der Waals surface area contributed by atoms with E-state index in [2.05, 4.69) is 10.6 Å². The fourth-order valence-corrected chi connectivity index (χ4v) is 2.88. The zero-order valence-electron chi connectivity index (χ0n) is 17.8. The highest BCUT2D eigenvalue weighted by molar-refractivity contribution is 5.79. The molecule has 0 aliphatic carbocycles. The van der Waals surface area contributed by atoms with Crippen molar-refractivity contribution in [1.29, 1.82) is 0 Å². The SMILES string of the molecule is CC(C)CC(=O)NC(NC(=O)CC(C)C)c1ccc(OCc2ccccc2)cc1. The topological polar surface area (TPSA) is 67.4 Å². The van der Waals surface area contributed by atoms with Crippen LogP contribution in [0.2, 0.25) is 0 Å². The predicted octanol–water partition coefficient (Wildman–Crippen LogP) is 4.59. The van der Waals surface area contributed by atoms with E-state index in [0.717, 1.165) is 16.9 Å². The van der Waals surface area contributed by atoms with Gasteiger partial charge in [0, 0.05) is 12.8 Å². The van der Waals surface area contributed by atoms with E-state index in [1.165, 1.54) is 0 Å². The second kappa shape index (κ2) is 11.2.